The zero-order chi connectivity index (χ0) is 19.9. The fourth-order valence-corrected chi connectivity index (χ4v) is 2.86. The molecule has 0 unspecified atom stereocenters. The van der Waals surface area contributed by atoms with Crippen LogP contribution in [0.3, 0.4) is 0 Å². The first kappa shape index (κ1) is 18.9. The van der Waals surface area contributed by atoms with Crippen LogP contribution in [0.1, 0.15) is 16.7 Å². The molecule has 0 aliphatic rings. The molecule has 3 aromatic rings. The molecule has 4 nitrogen and oxygen atoms in total. The summed E-state index contributed by atoms with van der Waals surface area (Å²) in [6.07, 6.45) is 1.59. The summed E-state index contributed by atoms with van der Waals surface area (Å²) in [5, 5.41) is 15.6. The van der Waals surface area contributed by atoms with Crippen molar-refractivity contribution in [3.8, 4) is 6.07 Å². The van der Waals surface area contributed by atoms with Gasteiger partial charge in [0.1, 0.15) is 11.6 Å². The van der Waals surface area contributed by atoms with Crippen molar-refractivity contribution < 1.29 is 4.79 Å². The molecule has 0 heterocycles. The van der Waals surface area contributed by atoms with E-state index in [0.29, 0.717) is 0 Å². The third-order valence-corrected chi connectivity index (χ3v) is 4.37. The lowest BCUT2D eigenvalue weighted by Crippen LogP contribution is -2.15. The van der Waals surface area contributed by atoms with E-state index in [1.165, 1.54) is 0 Å². The molecule has 2 N–H and O–H groups in total. The van der Waals surface area contributed by atoms with E-state index in [-0.39, 0.29) is 5.57 Å². The highest BCUT2D eigenvalue weighted by Gasteiger charge is 2.12. The Balaban J connectivity index is 1.75. The van der Waals surface area contributed by atoms with E-state index in [2.05, 4.69) is 10.6 Å². The number of hydrogen-bond acceptors (Lipinski definition) is 3. The molecule has 0 spiro atoms. The minimum atomic E-state index is -0.411. The number of para-hydroxylation sites is 2. The van der Waals surface area contributed by atoms with Gasteiger partial charge in [0.25, 0.3) is 5.91 Å². The Morgan fingerprint density at radius 2 is 1.46 bits per heavy atom. The number of nitriles is 1. The van der Waals surface area contributed by atoms with Crippen LogP contribution in [0.2, 0.25) is 0 Å². The van der Waals surface area contributed by atoms with Crippen LogP contribution in [-0.2, 0) is 4.79 Å². The number of benzene rings is 3. The number of hydrogen-bond donors (Lipinski definition) is 2. The van der Waals surface area contributed by atoms with E-state index in [1.54, 1.807) is 6.08 Å². The number of aryl methyl sites for hydroxylation is 2. The highest BCUT2D eigenvalue weighted by Crippen LogP contribution is 2.21. The Kier molecular flexibility index (Phi) is 5.88. The molecule has 28 heavy (non-hydrogen) atoms. The maximum Gasteiger partial charge on any atom is 0.266 e. The molecule has 0 saturated heterocycles. The first-order valence-corrected chi connectivity index (χ1v) is 8.98. The van der Waals surface area contributed by atoms with E-state index < -0.39 is 5.91 Å². The van der Waals surface area contributed by atoms with Gasteiger partial charge in [0, 0.05) is 17.1 Å². The smallest absolute Gasteiger partial charge is 0.266 e. The van der Waals surface area contributed by atoms with Gasteiger partial charge in [0.15, 0.2) is 0 Å². The van der Waals surface area contributed by atoms with Crippen LogP contribution >= 0.6 is 0 Å². The van der Waals surface area contributed by atoms with Crippen molar-refractivity contribution in [2.45, 2.75) is 13.8 Å². The summed E-state index contributed by atoms with van der Waals surface area (Å²) in [6.45, 7) is 3.85. The van der Waals surface area contributed by atoms with Crippen LogP contribution < -0.4 is 10.6 Å². The van der Waals surface area contributed by atoms with Crippen molar-refractivity contribution in [3.05, 3.63) is 95.1 Å². The Bertz CT molecular complexity index is 1030. The molecule has 1 amide bonds. The van der Waals surface area contributed by atoms with E-state index in [9.17, 15) is 10.1 Å². The lowest BCUT2D eigenvalue weighted by molar-refractivity contribution is -0.112. The second-order valence-corrected chi connectivity index (χ2v) is 6.50. The van der Waals surface area contributed by atoms with Gasteiger partial charge in [-0.1, -0.05) is 48.5 Å². The number of amides is 1. The van der Waals surface area contributed by atoms with Crippen LogP contribution in [0.4, 0.5) is 17.1 Å². The average molecular weight is 367 g/mol. The molecule has 4 heteroatoms. The lowest BCUT2D eigenvalue weighted by atomic mass is 10.1. The molecule has 3 rings (SSSR count). The normalized spacial score (nSPS) is 10.8. The molecule has 0 aliphatic heterocycles. The number of nitrogens with zero attached hydrogens (tertiary/aromatic N) is 1. The van der Waals surface area contributed by atoms with Gasteiger partial charge < -0.3 is 10.6 Å². The highest BCUT2D eigenvalue weighted by atomic mass is 16.1. The van der Waals surface area contributed by atoms with Gasteiger partial charge in [-0.2, -0.15) is 5.26 Å². The van der Waals surface area contributed by atoms with Gasteiger partial charge >= 0.3 is 0 Å². The molecule has 138 valence electrons. The van der Waals surface area contributed by atoms with Crippen molar-refractivity contribution in [3.63, 3.8) is 0 Å². The Labute approximate surface area is 165 Å². The van der Waals surface area contributed by atoms with Gasteiger partial charge in [-0.15, -0.1) is 0 Å². The minimum Gasteiger partial charge on any atom is -0.356 e. The van der Waals surface area contributed by atoms with Gasteiger partial charge in [-0.25, -0.2) is 0 Å². The number of carbonyl (C=O) groups is 1. The van der Waals surface area contributed by atoms with E-state index in [1.807, 2.05) is 92.7 Å². The zero-order valence-corrected chi connectivity index (χ0v) is 15.9. The van der Waals surface area contributed by atoms with Crippen molar-refractivity contribution in [2.24, 2.45) is 0 Å². The van der Waals surface area contributed by atoms with Crippen LogP contribution in [0, 0.1) is 25.2 Å². The van der Waals surface area contributed by atoms with Crippen LogP contribution in [0.25, 0.3) is 6.08 Å². The predicted molar refractivity (Wildman–Crippen MR) is 114 cm³/mol. The third kappa shape index (κ3) is 4.66. The molecule has 3 aromatic carbocycles. The molecule has 0 saturated carbocycles. The monoisotopic (exact) mass is 367 g/mol. The van der Waals surface area contributed by atoms with Crippen molar-refractivity contribution in [1.29, 1.82) is 5.26 Å². The van der Waals surface area contributed by atoms with E-state index in [4.69, 9.17) is 0 Å². The Morgan fingerprint density at radius 1 is 0.857 bits per heavy atom. The standard InChI is InChI=1S/C24H21N3O/c1-17-7-6-8-18(2)23(17)27-24(28)20(16-25)15-19-11-13-22(14-12-19)26-21-9-4-3-5-10-21/h3-15,26H,1-2H3,(H,27,28)/b20-15+. The third-order valence-electron chi connectivity index (χ3n) is 4.37. The molecule has 0 radical (unpaired) electrons. The summed E-state index contributed by atoms with van der Waals surface area (Å²) in [5.74, 6) is -0.411. The fourth-order valence-electron chi connectivity index (χ4n) is 2.86. The predicted octanol–water partition coefficient (Wildman–Crippen LogP) is 5.59. The number of carbonyl (C=O) groups excluding carboxylic acids is 1. The largest absolute Gasteiger partial charge is 0.356 e. The molecule has 0 atom stereocenters. The maximum atomic E-state index is 12.5. The maximum absolute atomic E-state index is 12.5. The SMILES string of the molecule is Cc1cccc(C)c1NC(=O)/C(C#N)=C/c1ccc(Nc2ccccc2)cc1. The molecular weight excluding hydrogens is 346 g/mol. The summed E-state index contributed by atoms with van der Waals surface area (Å²) in [5.41, 5.74) is 5.44. The van der Waals surface area contributed by atoms with E-state index >= 15 is 0 Å². The van der Waals surface area contributed by atoms with Crippen LogP contribution in [-0.4, -0.2) is 5.91 Å². The van der Waals surface area contributed by atoms with Crippen molar-refractivity contribution >= 4 is 29.0 Å². The van der Waals surface area contributed by atoms with E-state index in [0.717, 1.165) is 33.8 Å². The molecule has 0 aromatic heterocycles. The van der Waals surface area contributed by atoms with Gasteiger partial charge in [-0.05, 0) is 60.9 Å². The summed E-state index contributed by atoms with van der Waals surface area (Å²) in [6, 6.07) is 25.2. The number of anilines is 3. The second kappa shape index (κ2) is 8.70. The van der Waals surface area contributed by atoms with Gasteiger partial charge in [0.05, 0.1) is 0 Å². The van der Waals surface area contributed by atoms with Gasteiger partial charge in [-0.3, -0.25) is 4.79 Å². The van der Waals surface area contributed by atoms with Crippen LogP contribution in [0.15, 0.2) is 78.4 Å². The fraction of sp³-hybridized carbons (Fsp3) is 0.0833. The highest BCUT2D eigenvalue weighted by molar-refractivity contribution is 6.10. The number of rotatable bonds is 5. The topological polar surface area (TPSA) is 64.9 Å². The number of nitrogens with one attached hydrogen (secondary N) is 2. The first-order chi connectivity index (χ1) is 13.6. The van der Waals surface area contributed by atoms with Gasteiger partial charge in [0.2, 0.25) is 0 Å². The van der Waals surface area contributed by atoms with Crippen molar-refractivity contribution in [1.82, 2.24) is 0 Å². The summed E-state index contributed by atoms with van der Waals surface area (Å²) >= 11 is 0. The second-order valence-electron chi connectivity index (χ2n) is 6.50. The summed E-state index contributed by atoms with van der Waals surface area (Å²) < 4.78 is 0. The minimum absolute atomic E-state index is 0.0615. The molecular formula is C24H21N3O. The van der Waals surface area contributed by atoms with Crippen LogP contribution in [0.5, 0.6) is 0 Å². The molecule has 0 fully saturated rings. The quantitative estimate of drug-likeness (QED) is 0.456. The summed E-state index contributed by atoms with van der Waals surface area (Å²) in [7, 11) is 0. The zero-order valence-electron chi connectivity index (χ0n) is 15.9. The van der Waals surface area contributed by atoms with Crippen molar-refractivity contribution in [2.75, 3.05) is 10.6 Å². The molecule has 0 aliphatic carbocycles. The average Bonchev–Trinajstić information content (AvgIpc) is 2.71. The lowest BCUT2D eigenvalue weighted by Gasteiger charge is -2.11. The first-order valence-electron chi connectivity index (χ1n) is 8.98. The Hall–Kier alpha value is -3.84. The Morgan fingerprint density at radius 3 is 2.07 bits per heavy atom. The summed E-state index contributed by atoms with van der Waals surface area (Å²) in [4.78, 5) is 12.5. The molecule has 0 bridgehead atoms.